The molecule has 0 unspecified atom stereocenters. The summed E-state index contributed by atoms with van der Waals surface area (Å²) < 4.78 is 10.4. The highest BCUT2D eigenvalue weighted by molar-refractivity contribution is 5.91. The Hall–Kier alpha value is -2.08. The summed E-state index contributed by atoms with van der Waals surface area (Å²) >= 11 is 0. The van der Waals surface area contributed by atoms with Gasteiger partial charge in [-0.1, -0.05) is 6.07 Å². The Morgan fingerprint density at radius 3 is 2.90 bits per heavy atom. The Balaban J connectivity index is 1.91. The number of rotatable bonds is 6. The van der Waals surface area contributed by atoms with Crippen LogP contribution in [0.3, 0.4) is 0 Å². The Morgan fingerprint density at radius 1 is 1.48 bits per heavy atom. The molecular formula is C15H19NO5. The average Bonchev–Trinajstić information content (AvgIpc) is 2.97. The van der Waals surface area contributed by atoms with Crippen molar-refractivity contribution in [1.29, 1.82) is 0 Å². The predicted octanol–water partition coefficient (Wildman–Crippen LogP) is 1.58. The van der Waals surface area contributed by atoms with E-state index in [4.69, 9.17) is 14.6 Å². The van der Waals surface area contributed by atoms with Gasteiger partial charge in [-0.2, -0.15) is 0 Å². The van der Waals surface area contributed by atoms with Gasteiger partial charge in [0.05, 0.1) is 19.6 Å². The number of hydrogen-bond donors (Lipinski definition) is 2. The minimum absolute atomic E-state index is 0.00967. The molecule has 0 bridgehead atoms. The van der Waals surface area contributed by atoms with Gasteiger partial charge in [-0.3, -0.25) is 4.79 Å². The first kappa shape index (κ1) is 15.3. The van der Waals surface area contributed by atoms with Crippen molar-refractivity contribution in [1.82, 2.24) is 5.32 Å². The Kier molecular flexibility index (Phi) is 5.16. The third-order valence-electron chi connectivity index (χ3n) is 3.42. The molecule has 0 radical (unpaired) electrons. The molecule has 0 aliphatic carbocycles. The lowest BCUT2D eigenvalue weighted by atomic mass is 10.1. The molecular weight excluding hydrogens is 274 g/mol. The first-order valence-electron chi connectivity index (χ1n) is 6.88. The monoisotopic (exact) mass is 293 g/mol. The summed E-state index contributed by atoms with van der Waals surface area (Å²) in [5, 5.41) is 11.9. The van der Waals surface area contributed by atoms with E-state index in [-0.39, 0.29) is 24.1 Å². The molecule has 21 heavy (non-hydrogen) atoms. The maximum Gasteiger partial charge on any atom is 0.339 e. The number of ether oxygens (including phenoxy) is 2. The van der Waals surface area contributed by atoms with E-state index in [0.717, 1.165) is 19.4 Å². The Labute approximate surface area is 123 Å². The zero-order chi connectivity index (χ0) is 15.2. The topological polar surface area (TPSA) is 84.9 Å². The number of methoxy groups -OCH3 is 1. The molecule has 0 spiro atoms. The van der Waals surface area contributed by atoms with Gasteiger partial charge in [0.1, 0.15) is 11.3 Å². The van der Waals surface area contributed by atoms with E-state index in [1.165, 1.54) is 13.2 Å². The van der Waals surface area contributed by atoms with Crippen molar-refractivity contribution in [3.8, 4) is 5.75 Å². The smallest absolute Gasteiger partial charge is 0.339 e. The summed E-state index contributed by atoms with van der Waals surface area (Å²) in [6, 6.07) is 4.83. The number of hydrogen-bond acceptors (Lipinski definition) is 4. The highest BCUT2D eigenvalue weighted by Gasteiger charge is 2.19. The molecule has 0 saturated carbocycles. The van der Waals surface area contributed by atoms with Crippen molar-refractivity contribution < 1.29 is 24.2 Å². The molecule has 1 heterocycles. The molecule has 1 saturated heterocycles. The van der Waals surface area contributed by atoms with Crippen molar-refractivity contribution in [2.45, 2.75) is 31.9 Å². The van der Waals surface area contributed by atoms with E-state index in [9.17, 15) is 9.59 Å². The molecule has 2 rings (SSSR count). The molecule has 114 valence electrons. The molecule has 1 amide bonds. The molecule has 1 fully saturated rings. The summed E-state index contributed by atoms with van der Waals surface area (Å²) in [5.74, 6) is -0.842. The second kappa shape index (κ2) is 7.08. The van der Waals surface area contributed by atoms with Gasteiger partial charge >= 0.3 is 5.97 Å². The Morgan fingerprint density at radius 2 is 2.29 bits per heavy atom. The Bertz CT molecular complexity index is 523. The predicted molar refractivity (Wildman–Crippen MR) is 75.4 cm³/mol. The van der Waals surface area contributed by atoms with E-state index in [0.29, 0.717) is 17.7 Å². The van der Waals surface area contributed by atoms with Gasteiger partial charge in [-0.05, 0) is 30.5 Å². The van der Waals surface area contributed by atoms with Crippen LogP contribution in [0, 0.1) is 0 Å². The van der Waals surface area contributed by atoms with Crippen LogP contribution < -0.4 is 10.1 Å². The number of benzene rings is 1. The minimum Gasteiger partial charge on any atom is -0.496 e. The van der Waals surface area contributed by atoms with Gasteiger partial charge in [-0.15, -0.1) is 0 Å². The molecule has 6 heteroatoms. The van der Waals surface area contributed by atoms with Crippen molar-refractivity contribution >= 4 is 11.9 Å². The highest BCUT2D eigenvalue weighted by atomic mass is 16.5. The van der Waals surface area contributed by atoms with Crippen molar-refractivity contribution in [2.24, 2.45) is 0 Å². The van der Waals surface area contributed by atoms with Crippen LogP contribution in [0.4, 0.5) is 0 Å². The molecule has 1 aromatic rings. The van der Waals surface area contributed by atoms with Crippen LogP contribution in [-0.4, -0.2) is 36.8 Å². The fraction of sp³-hybridized carbons (Fsp3) is 0.467. The summed E-state index contributed by atoms with van der Waals surface area (Å²) in [6.45, 7) is 1.01. The van der Waals surface area contributed by atoms with E-state index >= 15 is 0 Å². The lowest BCUT2D eigenvalue weighted by Crippen LogP contribution is -2.26. The van der Waals surface area contributed by atoms with Crippen LogP contribution in [0.15, 0.2) is 18.2 Å². The van der Waals surface area contributed by atoms with Crippen LogP contribution in [-0.2, 0) is 16.1 Å². The molecule has 1 aliphatic rings. The van der Waals surface area contributed by atoms with Crippen LogP contribution in [0.5, 0.6) is 5.75 Å². The minimum atomic E-state index is -1.06. The fourth-order valence-corrected chi connectivity index (χ4v) is 2.32. The third kappa shape index (κ3) is 4.19. The second-order valence-electron chi connectivity index (χ2n) is 4.96. The quantitative estimate of drug-likeness (QED) is 0.831. The van der Waals surface area contributed by atoms with Crippen molar-refractivity contribution in [3.05, 3.63) is 29.3 Å². The van der Waals surface area contributed by atoms with E-state index in [1.54, 1.807) is 12.1 Å². The van der Waals surface area contributed by atoms with Gasteiger partial charge in [0, 0.05) is 13.2 Å². The van der Waals surface area contributed by atoms with Crippen LogP contribution >= 0.6 is 0 Å². The van der Waals surface area contributed by atoms with Crippen LogP contribution in [0.2, 0.25) is 0 Å². The number of amides is 1. The molecule has 1 aliphatic heterocycles. The van der Waals surface area contributed by atoms with Gasteiger partial charge in [-0.25, -0.2) is 4.79 Å². The van der Waals surface area contributed by atoms with E-state index in [1.807, 2.05) is 0 Å². The van der Waals surface area contributed by atoms with Crippen molar-refractivity contribution in [3.63, 3.8) is 0 Å². The molecule has 1 aromatic carbocycles. The maximum atomic E-state index is 11.8. The zero-order valence-electron chi connectivity index (χ0n) is 11.9. The van der Waals surface area contributed by atoms with Crippen LogP contribution in [0.1, 0.15) is 35.2 Å². The summed E-state index contributed by atoms with van der Waals surface area (Å²) in [6.07, 6.45) is 2.27. The second-order valence-corrected chi connectivity index (χ2v) is 4.96. The van der Waals surface area contributed by atoms with E-state index < -0.39 is 5.97 Å². The molecule has 6 nitrogen and oxygen atoms in total. The number of carbonyl (C=O) groups is 2. The molecule has 1 atom stereocenters. The first-order chi connectivity index (χ1) is 10.1. The van der Waals surface area contributed by atoms with Crippen molar-refractivity contribution in [2.75, 3.05) is 13.7 Å². The number of carboxylic acids is 1. The fourth-order valence-electron chi connectivity index (χ4n) is 2.32. The SMILES string of the molecule is COc1ccc(CNC(=O)C[C@H]2CCCO2)cc1C(=O)O. The highest BCUT2D eigenvalue weighted by Crippen LogP contribution is 2.20. The van der Waals surface area contributed by atoms with Gasteiger partial charge in [0.2, 0.25) is 5.91 Å². The standard InChI is InChI=1S/C15H19NO5/c1-20-13-5-4-10(7-12(13)15(18)19)9-16-14(17)8-11-3-2-6-21-11/h4-5,7,11H,2-3,6,8-9H2,1H3,(H,16,17)(H,18,19)/t11-/m1/s1. The maximum absolute atomic E-state index is 11.8. The summed E-state index contributed by atoms with van der Waals surface area (Å²) in [5.41, 5.74) is 0.803. The average molecular weight is 293 g/mol. The normalized spacial score (nSPS) is 17.5. The first-order valence-corrected chi connectivity index (χ1v) is 6.88. The number of nitrogens with one attached hydrogen (secondary N) is 1. The summed E-state index contributed by atoms with van der Waals surface area (Å²) in [7, 11) is 1.42. The molecule has 2 N–H and O–H groups in total. The largest absolute Gasteiger partial charge is 0.496 e. The van der Waals surface area contributed by atoms with Gasteiger partial charge in [0.25, 0.3) is 0 Å². The third-order valence-corrected chi connectivity index (χ3v) is 3.42. The number of carboxylic acid groups (broad SMARTS) is 1. The number of carbonyl (C=O) groups excluding carboxylic acids is 1. The lowest BCUT2D eigenvalue weighted by molar-refractivity contribution is -0.123. The summed E-state index contributed by atoms with van der Waals surface area (Å²) in [4.78, 5) is 22.9. The van der Waals surface area contributed by atoms with Gasteiger partial charge < -0.3 is 19.9 Å². The van der Waals surface area contributed by atoms with Crippen LogP contribution in [0.25, 0.3) is 0 Å². The van der Waals surface area contributed by atoms with Gasteiger partial charge in [0.15, 0.2) is 0 Å². The van der Waals surface area contributed by atoms with E-state index in [2.05, 4.69) is 5.32 Å². The lowest BCUT2D eigenvalue weighted by Gasteiger charge is -2.11. The molecule has 0 aromatic heterocycles. The number of aromatic carboxylic acids is 1. The zero-order valence-corrected chi connectivity index (χ0v) is 11.9.